The molecule has 2 aromatic carbocycles. The second kappa shape index (κ2) is 7.08. The first-order valence-electron chi connectivity index (χ1n) is 7.61. The fourth-order valence-corrected chi connectivity index (χ4v) is 2.71. The zero-order chi connectivity index (χ0) is 15.2. The van der Waals surface area contributed by atoms with Crippen LogP contribution in [0.15, 0.2) is 54.6 Å². The number of piperazine rings is 1. The van der Waals surface area contributed by atoms with E-state index < -0.39 is 0 Å². The van der Waals surface area contributed by atoms with Gasteiger partial charge in [0.2, 0.25) is 0 Å². The fourth-order valence-electron chi connectivity index (χ4n) is 2.71. The third-order valence-corrected chi connectivity index (χ3v) is 3.90. The zero-order valence-corrected chi connectivity index (χ0v) is 12.6. The summed E-state index contributed by atoms with van der Waals surface area (Å²) >= 11 is 0. The molecule has 4 heteroatoms. The van der Waals surface area contributed by atoms with Crippen LogP contribution in [-0.2, 0) is 6.54 Å². The van der Waals surface area contributed by atoms with E-state index >= 15 is 0 Å². The Labute approximate surface area is 131 Å². The van der Waals surface area contributed by atoms with Gasteiger partial charge >= 0.3 is 0 Å². The Kier molecular flexibility index (Phi) is 4.69. The van der Waals surface area contributed by atoms with Crippen LogP contribution in [0.1, 0.15) is 11.1 Å². The molecule has 1 fully saturated rings. The molecule has 0 saturated carbocycles. The Hall–Kier alpha value is -2.35. The monoisotopic (exact) mass is 292 g/mol. The van der Waals surface area contributed by atoms with Crippen LogP contribution < -0.4 is 5.43 Å². The van der Waals surface area contributed by atoms with Crippen molar-refractivity contribution in [1.82, 2.24) is 9.91 Å². The molecule has 0 radical (unpaired) electrons. The van der Waals surface area contributed by atoms with Crippen molar-refractivity contribution in [2.75, 3.05) is 31.6 Å². The van der Waals surface area contributed by atoms with Gasteiger partial charge in [-0.3, -0.25) is 4.90 Å². The summed E-state index contributed by atoms with van der Waals surface area (Å²) in [5.41, 5.74) is 6.53. The van der Waals surface area contributed by atoms with Crippen LogP contribution in [0.5, 0.6) is 0 Å². The molecule has 22 heavy (non-hydrogen) atoms. The Balaban J connectivity index is 1.50. The smallest absolute Gasteiger partial charge is 0.0991 e. The molecular formula is C18H20N4. The molecule has 0 spiro atoms. The maximum atomic E-state index is 8.96. The first kappa shape index (κ1) is 14.6. The molecule has 3 rings (SSSR count). The largest absolute Gasteiger partial charge is 0.319 e. The van der Waals surface area contributed by atoms with Crippen LogP contribution in [0.25, 0.3) is 0 Å². The van der Waals surface area contributed by atoms with Crippen LogP contribution in [0.4, 0.5) is 5.69 Å². The molecule has 2 aromatic rings. The highest BCUT2D eigenvalue weighted by atomic mass is 15.5. The lowest BCUT2D eigenvalue weighted by Gasteiger charge is -2.35. The highest BCUT2D eigenvalue weighted by molar-refractivity contribution is 5.41. The Bertz CT molecular complexity index is 640. The summed E-state index contributed by atoms with van der Waals surface area (Å²) in [5, 5.41) is 11.2. The maximum Gasteiger partial charge on any atom is 0.0991 e. The number of benzene rings is 2. The summed E-state index contributed by atoms with van der Waals surface area (Å²) in [7, 11) is 0. The molecule has 0 unspecified atom stereocenters. The van der Waals surface area contributed by atoms with Gasteiger partial charge in [-0.15, -0.1) is 0 Å². The number of hydrazine groups is 1. The summed E-state index contributed by atoms with van der Waals surface area (Å²) in [6.07, 6.45) is 0. The molecule has 1 heterocycles. The number of anilines is 1. The number of hydrogen-bond acceptors (Lipinski definition) is 4. The number of nitrogens with one attached hydrogen (secondary N) is 1. The second-order valence-corrected chi connectivity index (χ2v) is 5.55. The van der Waals surface area contributed by atoms with E-state index in [9.17, 15) is 0 Å². The number of para-hydroxylation sites is 1. The van der Waals surface area contributed by atoms with Gasteiger partial charge in [0.25, 0.3) is 0 Å². The molecule has 0 bridgehead atoms. The average molecular weight is 292 g/mol. The summed E-state index contributed by atoms with van der Waals surface area (Å²) in [5.74, 6) is 0. The standard InChI is InChI=1S/C18H20N4/c19-14-16-5-4-6-17(13-16)15-21-9-11-22(12-10-21)20-18-7-2-1-3-8-18/h1-8,13,20H,9-12,15H2. The topological polar surface area (TPSA) is 42.3 Å². The van der Waals surface area contributed by atoms with Crippen LogP contribution in [0.2, 0.25) is 0 Å². The molecule has 0 aromatic heterocycles. The van der Waals surface area contributed by atoms with Crippen LogP contribution in [-0.4, -0.2) is 36.1 Å². The molecule has 1 aliphatic rings. The van der Waals surface area contributed by atoms with Gasteiger partial charge < -0.3 is 5.43 Å². The minimum absolute atomic E-state index is 0.738. The maximum absolute atomic E-state index is 8.96. The summed E-state index contributed by atoms with van der Waals surface area (Å²) < 4.78 is 0. The van der Waals surface area contributed by atoms with Gasteiger partial charge in [-0.05, 0) is 29.8 Å². The average Bonchev–Trinajstić information content (AvgIpc) is 2.58. The summed E-state index contributed by atoms with van der Waals surface area (Å²) in [4.78, 5) is 2.43. The van der Waals surface area contributed by atoms with Crippen molar-refractivity contribution in [1.29, 1.82) is 5.26 Å². The van der Waals surface area contributed by atoms with E-state index in [1.807, 2.05) is 36.4 Å². The lowest BCUT2D eigenvalue weighted by Crippen LogP contribution is -2.48. The van der Waals surface area contributed by atoms with E-state index in [2.05, 4.69) is 39.6 Å². The first-order chi connectivity index (χ1) is 10.8. The minimum atomic E-state index is 0.738. The summed E-state index contributed by atoms with van der Waals surface area (Å²) in [6.45, 7) is 4.95. The van der Waals surface area contributed by atoms with E-state index in [0.717, 1.165) is 44.0 Å². The van der Waals surface area contributed by atoms with Crippen molar-refractivity contribution >= 4 is 5.69 Å². The normalized spacial score (nSPS) is 16.1. The Morgan fingerprint density at radius 3 is 2.45 bits per heavy atom. The molecule has 0 aliphatic carbocycles. The Morgan fingerprint density at radius 2 is 1.73 bits per heavy atom. The lowest BCUT2D eigenvalue weighted by molar-refractivity contribution is 0.147. The van der Waals surface area contributed by atoms with Gasteiger partial charge in [0.15, 0.2) is 0 Å². The van der Waals surface area contributed by atoms with E-state index in [1.165, 1.54) is 5.56 Å². The molecule has 1 N–H and O–H groups in total. The molecule has 1 saturated heterocycles. The zero-order valence-electron chi connectivity index (χ0n) is 12.6. The SMILES string of the molecule is N#Cc1cccc(CN2CCN(Nc3ccccc3)CC2)c1. The van der Waals surface area contributed by atoms with E-state index in [4.69, 9.17) is 5.26 Å². The summed E-state index contributed by atoms with van der Waals surface area (Å²) in [6, 6.07) is 20.4. The molecule has 0 atom stereocenters. The van der Waals surface area contributed by atoms with E-state index in [1.54, 1.807) is 0 Å². The third kappa shape index (κ3) is 3.85. The van der Waals surface area contributed by atoms with Crippen LogP contribution in [0.3, 0.4) is 0 Å². The van der Waals surface area contributed by atoms with Crippen molar-refractivity contribution < 1.29 is 0 Å². The van der Waals surface area contributed by atoms with Crippen LogP contribution in [0, 0.1) is 11.3 Å². The third-order valence-electron chi connectivity index (χ3n) is 3.90. The quantitative estimate of drug-likeness (QED) is 0.941. The molecule has 112 valence electrons. The number of rotatable bonds is 4. The van der Waals surface area contributed by atoms with Gasteiger partial charge in [-0.25, -0.2) is 5.01 Å². The van der Waals surface area contributed by atoms with Crippen molar-refractivity contribution in [2.45, 2.75) is 6.54 Å². The number of nitrogens with zero attached hydrogens (tertiary/aromatic N) is 3. The van der Waals surface area contributed by atoms with Crippen LogP contribution >= 0.6 is 0 Å². The van der Waals surface area contributed by atoms with Gasteiger partial charge in [-0.1, -0.05) is 30.3 Å². The fraction of sp³-hybridized carbons (Fsp3) is 0.278. The van der Waals surface area contributed by atoms with Gasteiger partial charge in [-0.2, -0.15) is 5.26 Å². The highest BCUT2D eigenvalue weighted by Gasteiger charge is 2.16. The number of hydrogen-bond donors (Lipinski definition) is 1. The Morgan fingerprint density at radius 1 is 0.955 bits per heavy atom. The van der Waals surface area contributed by atoms with Crippen molar-refractivity contribution in [3.05, 3.63) is 65.7 Å². The first-order valence-corrected chi connectivity index (χ1v) is 7.61. The number of nitriles is 1. The van der Waals surface area contributed by atoms with Gasteiger partial charge in [0, 0.05) is 38.4 Å². The molecule has 4 nitrogen and oxygen atoms in total. The van der Waals surface area contributed by atoms with Gasteiger partial charge in [0.05, 0.1) is 11.6 Å². The van der Waals surface area contributed by atoms with Gasteiger partial charge in [0.1, 0.15) is 0 Å². The van der Waals surface area contributed by atoms with E-state index in [0.29, 0.717) is 0 Å². The minimum Gasteiger partial charge on any atom is -0.319 e. The van der Waals surface area contributed by atoms with Crippen molar-refractivity contribution in [3.8, 4) is 6.07 Å². The lowest BCUT2D eigenvalue weighted by atomic mass is 10.1. The molecule has 1 aliphatic heterocycles. The van der Waals surface area contributed by atoms with E-state index in [-0.39, 0.29) is 0 Å². The van der Waals surface area contributed by atoms with Crippen molar-refractivity contribution in [2.24, 2.45) is 0 Å². The molecule has 0 amide bonds. The predicted octanol–water partition coefficient (Wildman–Crippen LogP) is 2.70. The molecular weight excluding hydrogens is 272 g/mol. The highest BCUT2D eigenvalue weighted by Crippen LogP contribution is 2.12. The predicted molar refractivity (Wildman–Crippen MR) is 88.1 cm³/mol. The van der Waals surface area contributed by atoms with Crippen molar-refractivity contribution in [3.63, 3.8) is 0 Å². The second-order valence-electron chi connectivity index (χ2n) is 5.55.